The highest BCUT2D eigenvalue weighted by molar-refractivity contribution is 7.06. The molecule has 0 aliphatic carbocycles. The zero-order valence-electron chi connectivity index (χ0n) is 5.83. The van der Waals surface area contributed by atoms with Crippen molar-refractivity contribution in [3.8, 4) is 6.07 Å². The Bertz CT molecular complexity index is 258. The van der Waals surface area contributed by atoms with Gasteiger partial charge in [0.25, 0.3) is 0 Å². The minimum atomic E-state index is 0.318. The molecule has 0 unspecified atom stereocenters. The molecule has 0 aromatic carbocycles. The van der Waals surface area contributed by atoms with Gasteiger partial charge in [-0.25, -0.2) is 4.98 Å². The zero-order valence-corrected chi connectivity index (χ0v) is 6.64. The van der Waals surface area contributed by atoms with Crippen molar-refractivity contribution in [3.63, 3.8) is 0 Å². The Balaban J connectivity index is 2.91. The van der Waals surface area contributed by atoms with E-state index in [4.69, 9.17) is 5.26 Å². The maximum Gasteiger partial charge on any atom is 0.214 e. The number of nitriles is 1. The first-order chi connectivity index (χ1) is 4.74. The van der Waals surface area contributed by atoms with Gasteiger partial charge in [-0.2, -0.15) is 9.64 Å². The molecule has 0 spiro atoms. The van der Waals surface area contributed by atoms with Crippen LogP contribution in [-0.4, -0.2) is 9.36 Å². The molecule has 0 atom stereocenters. The Hall–Kier alpha value is -0.950. The molecule has 4 heteroatoms. The van der Waals surface area contributed by atoms with E-state index in [-0.39, 0.29) is 0 Å². The van der Waals surface area contributed by atoms with Crippen molar-refractivity contribution in [3.05, 3.63) is 10.8 Å². The van der Waals surface area contributed by atoms with E-state index in [9.17, 15) is 0 Å². The third kappa shape index (κ3) is 1.31. The van der Waals surface area contributed by atoms with E-state index in [0.717, 1.165) is 17.4 Å². The molecular weight excluding hydrogens is 146 g/mol. The fraction of sp³-hybridized carbons (Fsp3) is 0.500. The summed E-state index contributed by atoms with van der Waals surface area (Å²) in [5, 5.41) is 8.84. The summed E-state index contributed by atoms with van der Waals surface area (Å²) in [6.07, 6.45) is 0. The number of hydrogen-bond donors (Lipinski definition) is 0. The molecule has 0 N–H and O–H groups in total. The number of hydrogen-bond acceptors (Lipinski definition) is 4. The van der Waals surface area contributed by atoms with Crippen molar-refractivity contribution in [1.82, 2.24) is 9.36 Å². The molecular formula is C6H7N3S. The van der Waals surface area contributed by atoms with E-state index in [1.807, 2.05) is 19.9 Å². The molecule has 1 rings (SSSR count). The van der Waals surface area contributed by atoms with Crippen LogP contribution >= 0.6 is 11.5 Å². The lowest BCUT2D eigenvalue weighted by atomic mass is 10.2. The summed E-state index contributed by atoms with van der Waals surface area (Å²) in [7, 11) is 0. The minimum Gasteiger partial charge on any atom is -0.209 e. The van der Waals surface area contributed by atoms with Crippen LogP contribution in [0.4, 0.5) is 0 Å². The average molecular weight is 153 g/mol. The van der Waals surface area contributed by atoms with E-state index < -0.39 is 0 Å². The van der Waals surface area contributed by atoms with Crippen LogP contribution in [0.2, 0.25) is 0 Å². The first-order valence-corrected chi connectivity index (χ1v) is 3.75. The summed E-state index contributed by atoms with van der Waals surface area (Å²) in [6, 6.07) is 1.95. The number of rotatable bonds is 1. The highest BCUT2D eigenvalue weighted by atomic mass is 32.1. The van der Waals surface area contributed by atoms with Crippen LogP contribution in [0, 0.1) is 11.3 Å². The van der Waals surface area contributed by atoms with Crippen molar-refractivity contribution >= 4 is 11.5 Å². The molecule has 3 nitrogen and oxygen atoms in total. The summed E-state index contributed by atoms with van der Waals surface area (Å²) < 4.78 is 3.99. The lowest BCUT2D eigenvalue weighted by Gasteiger charge is -1.92. The predicted octanol–water partition coefficient (Wildman–Crippen LogP) is 1.53. The topological polar surface area (TPSA) is 49.6 Å². The molecule has 0 bridgehead atoms. The van der Waals surface area contributed by atoms with Crippen LogP contribution in [0.25, 0.3) is 0 Å². The second-order valence-electron chi connectivity index (χ2n) is 2.22. The van der Waals surface area contributed by atoms with E-state index in [2.05, 4.69) is 9.36 Å². The van der Waals surface area contributed by atoms with Crippen molar-refractivity contribution in [2.24, 2.45) is 0 Å². The zero-order chi connectivity index (χ0) is 7.56. The van der Waals surface area contributed by atoms with Gasteiger partial charge in [0.1, 0.15) is 11.9 Å². The quantitative estimate of drug-likeness (QED) is 0.614. The monoisotopic (exact) mass is 153 g/mol. The normalized spacial score (nSPS) is 9.80. The van der Waals surface area contributed by atoms with Crippen molar-refractivity contribution in [1.29, 1.82) is 5.26 Å². The Kier molecular flexibility index (Phi) is 1.97. The van der Waals surface area contributed by atoms with Crippen LogP contribution in [0.5, 0.6) is 0 Å². The fourth-order valence-corrected chi connectivity index (χ4v) is 1.12. The maximum absolute atomic E-state index is 8.39. The molecule has 0 saturated heterocycles. The third-order valence-electron chi connectivity index (χ3n) is 1.05. The summed E-state index contributed by atoms with van der Waals surface area (Å²) >= 11 is 1.16. The van der Waals surface area contributed by atoms with Gasteiger partial charge in [0, 0.05) is 5.92 Å². The molecule has 0 amide bonds. The van der Waals surface area contributed by atoms with Crippen LogP contribution in [-0.2, 0) is 0 Å². The highest BCUT2D eigenvalue weighted by Crippen LogP contribution is 2.11. The Morgan fingerprint density at radius 3 is 2.60 bits per heavy atom. The molecule has 1 aromatic heterocycles. The van der Waals surface area contributed by atoms with Gasteiger partial charge in [0.2, 0.25) is 5.01 Å². The van der Waals surface area contributed by atoms with Crippen LogP contribution in [0.15, 0.2) is 0 Å². The summed E-state index contributed by atoms with van der Waals surface area (Å²) in [6.45, 7) is 4.01. The molecule has 52 valence electrons. The molecule has 0 saturated carbocycles. The van der Waals surface area contributed by atoms with E-state index in [0.29, 0.717) is 10.9 Å². The SMILES string of the molecule is CC(C)c1nsc(C#N)n1. The minimum absolute atomic E-state index is 0.318. The van der Waals surface area contributed by atoms with Gasteiger partial charge in [0.15, 0.2) is 0 Å². The van der Waals surface area contributed by atoms with Crippen molar-refractivity contribution in [2.75, 3.05) is 0 Å². The first-order valence-electron chi connectivity index (χ1n) is 2.97. The van der Waals surface area contributed by atoms with Gasteiger partial charge in [0.05, 0.1) is 0 Å². The van der Waals surface area contributed by atoms with E-state index in [1.54, 1.807) is 0 Å². The highest BCUT2D eigenvalue weighted by Gasteiger charge is 2.05. The predicted molar refractivity (Wildman–Crippen MR) is 38.7 cm³/mol. The maximum atomic E-state index is 8.39. The summed E-state index contributed by atoms with van der Waals surface area (Å²) in [5.74, 6) is 1.08. The van der Waals surface area contributed by atoms with Gasteiger partial charge < -0.3 is 0 Å². The Labute approximate surface area is 63.5 Å². The van der Waals surface area contributed by atoms with Crippen LogP contribution in [0.1, 0.15) is 30.6 Å². The lowest BCUT2D eigenvalue weighted by molar-refractivity contribution is 0.797. The Morgan fingerprint density at radius 1 is 1.60 bits per heavy atom. The van der Waals surface area contributed by atoms with Crippen molar-refractivity contribution in [2.45, 2.75) is 19.8 Å². The summed E-state index contributed by atoms with van der Waals surface area (Å²) in [4.78, 5) is 3.97. The van der Waals surface area contributed by atoms with Crippen LogP contribution < -0.4 is 0 Å². The molecule has 0 aliphatic heterocycles. The first kappa shape index (κ1) is 7.16. The molecule has 10 heavy (non-hydrogen) atoms. The standard InChI is InChI=1S/C6H7N3S/c1-4(2)6-8-5(3-7)10-9-6/h4H,1-2H3. The smallest absolute Gasteiger partial charge is 0.209 e. The lowest BCUT2D eigenvalue weighted by Crippen LogP contribution is -1.88. The molecule has 1 heterocycles. The van der Waals surface area contributed by atoms with Crippen LogP contribution in [0.3, 0.4) is 0 Å². The van der Waals surface area contributed by atoms with Gasteiger partial charge in [-0.15, -0.1) is 0 Å². The molecule has 0 radical (unpaired) electrons. The van der Waals surface area contributed by atoms with Gasteiger partial charge >= 0.3 is 0 Å². The Morgan fingerprint density at radius 2 is 2.30 bits per heavy atom. The molecule has 0 fully saturated rings. The van der Waals surface area contributed by atoms with Gasteiger partial charge in [-0.1, -0.05) is 13.8 Å². The molecule has 0 aliphatic rings. The van der Waals surface area contributed by atoms with Crippen molar-refractivity contribution < 1.29 is 0 Å². The third-order valence-corrected chi connectivity index (χ3v) is 1.69. The largest absolute Gasteiger partial charge is 0.214 e. The van der Waals surface area contributed by atoms with Gasteiger partial charge in [-0.05, 0) is 11.5 Å². The average Bonchev–Trinajstić information content (AvgIpc) is 2.34. The second kappa shape index (κ2) is 2.76. The number of nitrogens with zero attached hydrogens (tertiary/aromatic N) is 3. The molecule has 1 aromatic rings. The summed E-state index contributed by atoms with van der Waals surface area (Å²) in [5.41, 5.74) is 0. The second-order valence-corrected chi connectivity index (χ2v) is 2.98. The van der Waals surface area contributed by atoms with E-state index in [1.165, 1.54) is 0 Å². The fourth-order valence-electron chi connectivity index (χ4n) is 0.515. The van der Waals surface area contributed by atoms with E-state index >= 15 is 0 Å². The number of aromatic nitrogens is 2. The van der Waals surface area contributed by atoms with Gasteiger partial charge in [-0.3, -0.25) is 0 Å².